The van der Waals surface area contributed by atoms with E-state index in [0.717, 1.165) is 45.3 Å². The molecule has 0 aliphatic rings. The second kappa shape index (κ2) is 19.7. The van der Waals surface area contributed by atoms with Gasteiger partial charge in [-0.2, -0.15) is 0 Å². The van der Waals surface area contributed by atoms with Gasteiger partial charge in [0.2, 0.25) is 0 Å². The molecule has 0 fully saturated rings. The van der Waals surface area contributed by atoms with E-state index in [1.165, 1.54) is 66.8 Å². The van der Waals surface area contributed by atoms with Gasteiger partial charge in [-0.05, 0) is 125 Å². The number of anilines is 6. The highest BCUT2D eigenvalue weighted by atomic mass is 15.2. The summed E-state index contributed by atoms with van der Waals surface area (Å²) in [5.74, 6) is 0. The van der Waals surface area contributed by atoms with Crippen molar-refractivity contribution in [2.45, 2.75) is 13.8 Å². The Kier molecular flexibility index (Phi) is 12.3. The smallest absolute Gasteiger partial charge is 0.0540 e. The van der Waals surface area contributed by atoms with Crippen LogP contribution in [0, 0.1) is 13.8 Å². The molecule has 0 atom stereocenters. The molecular formula is C68H52N2. The van der Waals surface area contributed by atoms with Crippen molar-refractivity contribution < 1.29 is 0 Å². The lowest BCUT2D eigenvalue weighted by molar-refractivity contribution is 1.27. The molecule has 0 radical (unpaired) electrons. The fourth-order valence-corrected chi connectivity index (χ4v) is 9.56. The Bertz CT molecular complexity index is 3490. The molecule has 11 rings (SSSR count). The van der Waals surface area contributed by atoms with E-state index in [2.05, 4.69) is 303 Å². The summed E-state index contributed by atoms with van der Waals surface area (Å²) in [6.45, 7) is 4.28. The third-order valence-electron chi connectivity index (χ3n) is 13.3. The minimum atomic E-state index is 1.10. The molecule has 334 valence electrons. The van der Waals surface area contributed by atoms with Crippen LogP contribution in [-0.4, -0.2) is 0 Å². The van der Waals surface area contributed by atoms with Crippen molar-refractivity contribution in [3.05, 3.63) is 290 Å². The topological polar surface area (TPSA) is 6.48 Å². The number of hydrogen-bond acceptors (Lipinski definition) is 2. The quantitative estimate of drug-likeness (QED) is 0.121. The summed E-state index contributed by atoms with van der Waals surface area (Å²) in [4.78, 5) is 4.79. The number of rotatable bonds is 12. The van der Waals surface area contributed by atoms with Crippen molar-refractivity contribution in [3.63, 3.8) is 0 Å². The number of hydrogen-bond donors (Lipinski definition) is 0. The van der Waals surface area contributed by atoms with Gasteiger partial charge in [0.15, 0.2) is 0 Å². The van der Waals surface area contributed by atoms with Gasteiger partial charge in [0.25, 0.3) is 0 Å². The van der Waals surface area contributed by atoms with E-state index in [1.54, 1.807) is 0 Å². The van der Waals surface area contributed by atoms with Gasteiger partial charge in [0.05, 0.1) is 17.1 Å². The van der Waals surface area contributed by atoms with Crippen LogP contribution in [0.5, 0.6) is 0 Å². The number of para-hydroxylation sites is 2. The Balaban J connectivity index is 0.890. The van der Waals surface area contributed by atoms with Crippen LogP contribution in [0.1, 0.15) is 11.1 Å². The molecule has 11 aromatic rings. The van der Waals surface area contributed by atoms with Crippen LogP contribution in [0.4, 0.5) is 34.1 Å². The summed E-state index contributed by atoms with van der Waals surface area (Å²) in [6, 6.07) is 101. The summed E-state index contributed by atoms with van der Waals surface area (Å²) in [7, 11) is 0. The summed E-state index contributed by atoms with van der Waals surface area (Å²) >= 11 is 0. The molecule has 70 heavy (non-hydrogen) atoms. The molecule has 11 aromatic carbocycles. The lowest BCUT2D eigenvalue weighted by atomic mass is 9.95. The molecule has 2 nitrogen and oxygen atoms in total. The van der Waals surface area contributed by atoms with Gasteiger partial charge in [-0.25, -0.2) is 0 Å². The largest absolute Gasteiger partial charge is 0.310 e. The fraction of sp³-hybridized carbons (Fsp3) is 0.0294. The minimum Gasteiger partial charge on any atom is -0.310 e. The lowest BCUT2D eigenvalue weighted by Gasteiger charge is -2.30. The molecule has 2 heteroatoms. The molecular weight excluding hydrogens is 845 g/mol. The van der Waals surface area contributed by atoms with Crippen LogP contribution in [0.25, 0.3) is 66.8 Å². The number of aryl methyl sites for hydroxylation is 2. The van der Waals surface area contributed by atoms with Gasteiger partial charge in [0.1, 0.15) is 0 Å². The van der Waals surface area contributed by atoms with E-state index in [9.17, 15) is 0 Å². The van der Waals surface area contributed by atoms with Crippen LogP contribution in [0.15, 0.2) is 279 Å². The number of nitrogens with zero attached hydrogens (tertiary/aromatic N) is 2. The Hall–Kier alpha value is -8.98. The first-order valence-corrected chi connectivity index (χ1v) is 24.1. The van der Waals surface area contributed by atoms with E-state index < -0.39 is 0 Å². The fourth-order valence-electron chi connectivity index (χ4n) is 9.56. The molecule has 0 aliphatic carbocycles. The van der Waals surface area contributed by atoms with Gasteiger partial charge < -0.3 is 9.80 Å². The van der Waals surface area contributed by atoms with Gasteiger partial charge in [0, 0.05) is 33.8 Å². The molecule has 0 amide bonds. The minimum absolute atomic E-state index is 1.10. The SMILES string of the molecule is Cc1ccc(N(c2ccc(-c3ccc(-c4ccc(-c5ccccc5N(c5ccc(C)cc5)c5ccccc5-c5ccccc5)cc4)cc3)cc2)c2ccc(-c3ccccc3)cc2-c2ccccc2)cc1. The van der Waals surface area contributed by atoms with Gasteiger partial charge >= 0.3 is 0 Å². The van der Waals surface area contributed by atoms with Crippen LogP contribution < -0.4 is 9.80 Å². The average Bonchev–Trinajstić information content (AvgIpc) is 3.43. The third kappa shape index (κ3) is 9.07. The molecule has 0 saturated heterocycles. The van der Waals surface area contributed by atoms with Crippen molar-refractivity contribution in [1.82, 2.24) is 0 Å². The first kappa shape index (κ1) is 43.6. The average molecular weight is 897 g/mol. The van der Waals surface area contributed by atoms with Crippen LogP contribution in [0.3, 0.4) is 0 Å². The summed E-state index contributed by atoms with van der Waals surface area (Å²) in [5, 5.41) is 0. The maximum absolute atomic E-state index is 2.40. The molecule has 0 spiro atoms. The molecule has 0 bridgehead atoms. The molecule has 0 aromatic heterocycles. The van der Waals surface area contributed by atoms with Gasteiger partial charge in [-0.1, -0.05) is 230 Å². The lowest BCUT2D eigenvalue weighted by Crippen LogP contribution is -2.12. The van der Waals surface area contributed by atoms with E-state index >= 15 is 0 Å². The molecule has 0 heterocycles. The Labute approximate surface area is 412 Å². The third-order valence-corrected chi connectivity index (χ3v) is 13.3. The van der Waals surface area contributed by atoms with E-state index in [0.29, 0.717) is 0 Å². The van der Waals surface area contributed by atoms with Crippen molar-refractivity contribution >= 4 is 34.1 Å². The second-order valence-electron chi connectivity index (χ2n) is 17.9. The second-order valence-corrected chi connectivity index (χ2v) is 17.9. The molecule has 0 aliphatic heterocycles. The van der Waals surface area contributed by atoms with E-state index in [1.807, 2.05) is 0 Å². The summed E-state index contributed by atoms with van der Waals surface area (Å²) in [5.41, 5.74) is 23.3. The van der Waals surface area contributed by atoms with Crippen molar-refractivity contribution in [2.75, 3.05) is 9.80 Å². The van der Waals surface area contributed by atoms with E-state index in [-0.39, 0.29) is 0 Å². The first-order valence-electron chi connectivity index (χ1n) is 24.1. The van der Waals surface area contributed by atoms with Crippen LogP contribution >= 0.6 is 0 Å². The summed E-state index contributed by atoms with van der Waals surface area (Å²) < 4.78 is 0. The summed E-state index contributed by atoms with van der Waals surface area (Å²) in [6.07, 6.45) is 0. The Morgan fingerprint density at radius 2 is 0.486 bits per heavy atom. The maximum atomic E-state index is 2.40. The monoisotopic (exact) mass is 896 g/mol. The van der Waals surface area contributed by atoms with Crippen LogP contribution in [0.2, 0.25) is 0 Å². The predicted molar refractivity (Wildman–Crippen MR) is 298 cm³/mol. The van der Waals surface area contributed by atoms with E-state index in [4.69, 9.17) is 0 Å². The zero-order chi connectivity index (χ0) is 47.2. The highest BCUT2D eigenvalue weighted by molar-refractivity contribution is 5.94. The van der Waals surface area contributed by atoms with Gasteiger partial charge in [-0.3, -0.25) is 0 Å². The Morgan fingerprint density at radius 1 is 0.200 bits per heavy atom. The first-order chi connectivity index (χ1) is 34.5. The van der Waals surface area contributed by atoms with Crippen molar-refractivity contribution in [3.8, 4) is 66.8 Å². The van der Waals surface area contributed by atoms with Crippen LogP contribution in [-0.2, 0) is 0 Å². The molecule has 0 N–H and O–H groups in total. The normalized spacial score (nSPS) is 11.0. The Morgan fingerprint density at radius 3 is 0.943 bits per heavy atom. The maximum Gasteiger partial charge on any atom is 0.0540 e. The van der Waals surface area contributed by atoms with Gasteiger partial charge in [-0.15, -0.1) is 0 Å². The zero-order valence-corrected chi connectivity index (χ0v) is 39.5. The van der Waals surface area contributed by atoms with Crippen molar-refractivity contribution in [2.24, 2.45) is 0 Å². The molecule has 0 unspecified atom stereocenters. The predicted octanol–water partition coefficient (Wildman–Crippen LogP) is 19.2. The van der Waals surface area contributed by atoms with Crippen molar-refractivity contribution in [1.29, 1.82) is 0 Å². The highest BCUT2D eigenvalue weighted by Gasteiger charge is 2.21. The zero-order valence-electron chi connectivity index (χ0n) is 39.5. The highest BCUT2D eigenvalue weighted by Crippen LogP contribution is 2.46. The molecule has 0 saturated carbocycles. The number of benzene rings is 11. The standard InChI is InChI=1S/C68H52N2/c1-49-26-41-60(42-27-49)69(68-47-40-59(51-16-6-3-7-17-51)48-65(68)57-20-10-5-11-21-57)61-45-38-55(39-46-61)53-32-30-52(31-33-53)54-34-36-58(37-35-54)64-23-13-15-25-67(64)70(62-43-28-50(2)29-44-62)66-24-14-12-22-63(66)56-18-8-4-9-19-56/h3-48H,1-2H3.